The molecule has 0 amide bonds. The van der Waals surface area contributed by atoms with E-state index in [1.54, 1.807) is 0 Å². The SMILES string of the molecule is Cc1c[c-]c(-c2cc(C(C)(C)C)ccn2)cc1.Cc1c[c-]c(-c2cc(C(C)(C)C)ccn2)cc1.Cc1c[c-]c(-c2cc(C(C)(C)C)ccn2)cc1.[Ir+3]. The molecule has 52 heavy (non-hydrogen) atoms. The third-order valence-corrected chi connectivity index (χ3v) is 8.61. The van der Waals surface area contributed by atoms with Gasteiger partial charge in [0.25, 0.3) is 0 Å². The Morgan fingerprint density at radius 1 is 0.385 bits per heavy atom. The third-order valence-electron chi connectivity index (χ3n) is 8.61. The molecule has 270 valence electrons. The minimum Gasteiger partial charge on any atom is -0.305 e. The molecule has 4 heteroatoms. The van der Waals surface area contributed by atoms with Crippen molar-refractivity contribution in [3.63, 3.8) is 0 Å². The molecule has 0 bridgehead atoms. The van der Waals surface area contributed by atoms with E-state index in [2.05, 4.69) is 189 Å². The van der Waals surface area contributed by atoms with Gasteiger partial charge in [-0.1, -0.05) is 101 Å². The van der Waals surface area contributed by atoms with Gasteiger partial charge in [-0.3, -0.25) is 0 Å². The monoisotopic (exact) mass is 865 g/mol. The van der Waals surface area contributed by atoms with Crippen LogP contribution in [0.15, 0.2) is 110 Å². The van der Waals surface area contributed by atoms with Crippen molar-refractivity contribution in [3.05, 3.63) is 161 Å². The van der Waals surface area contributed by atoms with Crippen LogP contribution in [0, 0.1) is 39.0 Å². The fourth-order valence-electron chi connectivity index (χ4n) is 5.12. The van der Waals surface area contributed by atoms with Crippen LogP contribution < -0.4 is 0 Å². The van der Waals surface area contributed by atoms with E-state index in [9.17, 15) is 0 Å². The van der Waals surface area contributed by atoms with Crippen molar-refractivity contribution in [2.75, 3.05) is 0 Å². The van der Waals surface area contributed by atoms with Crippen molar-refractivity contribution in [2.24, 2.45) is 0 Å². The smallest absolute Gasteiger partial charge is 0.305 e. The van der Waals surface area contributed by atoms with Crippen LogP contribution in [-0.4, -0.2) is 15.0 Å². The van der Waals surface area contributed by atoms with Crippen molar-refractivity contribution in [2.45, 2.75) is 99.3 Å². The van der Waals surface area contributed by atoms with Gasteiger partial charge >= 0.3 is 20.1 Å². The second kappa shape index (κ2) is 18.0. The van der Waals surface area contributed by atoms with Gasteiger partial charge < -0.3 is 15.0 Å². The first kappa shape index (κ1) is 42.2. The standard InChI is InChI=1S/3C16H18N.Ir/c3*1-12-5-7-13(8-6-12)15-11-14(9-10-17-15)16(2,3)4;/h3*5-7,9-11H,1-4H3;/q3*-1;+3. The molecule has 0 fully saturated rings. The molecule has 3 heterocycles. The van der Waals surface area contributed by atoms with Crippen molar-refractivity contribution < 1.29 is 20.1 Å². The molecule has 0 saturated heterocycles. The molecule has 0 saturated carbocycles. The van der Waals surface area contributed by atoms with Gasteiger partial charge in [0.15, 0.2) is 0 Å². The molecule has 0 N–H and O–H groups in total. The van der Waals surface area contributed by atoms with Crippen molar-refractivity contribution in [1.29, 1.82) is 0 Å². The van der Waals surface area contributed by atoms with Crippen LogP contribution in [0.5, 0.6) is 0 Å². The number of nitrogens with zero attached hydrogens (tertiary/aromatic N) is 3. The summed E-state index contributed by atoms with van der Waals surface area (Å²) >= 11 is 0. The van der Waals surface area contributed by atoms with Gasteiger partial charge in [0.1, 0.15) is 0 Å². The van der Waals surface area contributed by atoms with Crippen molar-refractivity contribution >= 4 is 0 Å². The molecule has 0 atom stereocenters. The van der Waals surface area contributed by atoms with Crippen LogP contribution in [0.4, 0.5) is 0 Å². The molecule has 3 nitrogen and oxygen atoms in total. The molecule has 0 aliphatic carbocycles. The molecule has 3 aromatic heterocycles. The number of aryl methyl sites for hydroxylation is 3. The zero-order chi connectivity index (χ0) is 37.4. The van der Waals surface area contributed by atoms with Crippen LogP contribution in [-0.2, 0) is 36.4 Å². The van der Waals surface area contributed by atoms with Gasteiger partial charge in [-0.2, -0.15) is 0 Å². The van der Waals surface area contributed by atoms with E-state index >= 15 is 0 Å². The summed E-state index contributed by atoms with van der Waals surface area (Å²) in [5.41, 5.74) is 14.2. The van der Waals surface area contributed by atoms with Crippen LogP contribution in [0.3, 0.4) is 0 Å². The van der Waals surface area contributed by atoms with E-state index in [0.29, 0.717) is 0 Å². The van der Waals surface area contributed by atoms with Crippen LogP contribution >= 0.6 is 0 Å². The quantitative estimate of drug-likeness (QED) is 0.166. The summed E-state index contributed by atoms with van der Waals surface area (Å²) in [4.78, 5) is 13.3. The Balaban J connectivity index is 0.000000208. The van der Waals surface area contributed by atoms with Crippen LogP contribution in [0.2, 0.25) is 0 Å². The first-order chi connectivity index (χ1) is 23.9. The fourth-order valence-corrected chi connectivity index (χ4v) is 5.12. The predicted molar refractivity (Wildman–Crippen MR) is 216 cm³/mol. The van der Waals surface area contributed by atoms with Crippen LogP contribution in [0.1, 0.15) is 95.7 Å². The van der Waals surface area contributed by atoms with Gasteiger partial charge in [0.05, 0.1) is 0 Å². The van der Waals surface area contributed by atoms with Gasteiger partial charge in [-0.15, -0.1) is 106 Å². The van der Waals surface area contributed by atoms with Gasteiger partial charge in [-0.05, 0) is 68.2 Å². The molecule has 0 aliphatic rings. The summed E-state index contributed by atoms with van der Waals surface area (Å²) in [6, 6.07) is 41.0. The predicted octanol–water partition coefficient (Wildman–Crippen LogP) is 12.5. The molecular weight excluding hydrogens is 811 g/mol. The number of hydrogen-bond donors (Lipinski definition) is 0. The maximum Gasteiger partial charge on any atom is 3.00 e. The average molecular weight is 865 g/mol. The maximum atomic E-state index is 4.42. The first-order valence-corrected chi connectivity index (χ1v) is 17.8. The molecule has 0 radical (unpaired) electrons. The fraction of sp³-hybridized carbons (Fsp3) is 0.312. The normalized spacial score (nSPS) is 11.3. The second-order valence-electron chi connectivity index (χ2n) is 16.4. The Kier molecular flexibility index (Phi) is 14.6. The Bertz CT molecular complexity index is 1750. The molecule has 0 aliphatic heterocycles. The zero-order valence-electron chi connectivity index (χ0n) is 33.1. The largest absolute Gasteiger partial charge is 3.00 e. The van der Waals surface area contributed by atoms with E-state index in [1.807, 2.05) is 36.8 Å². The molecule has 6 rings (SSSR count). The topological polar surface area (TPSA) is 38.7 Å². The molecule has 0 unspecified atom stereocenters. The van der Waals surface area contributed by atoms with Crippen molar-refractivity contribution in [3.8, 4) is 33.8 Å². The number of pyridine rings is 3. The summed E-state index contributed by atoms with van der Waals surface area (Å²) in [6.07, 6.45) is 5.64. The van der Waals surface area contributed by atoms with E-state index in [0.717, 1.165) is 33.8 Å². The second-order valence-corrected chi connectivity index (χ2v) is 16.4. The summed E-state index contributed by atoms with van der Waals surface area (Å²) in [6.45, 7) is 26.1. The number of rotatable bonds is 3. The van der Waals surface area contributed by atoms with Gasteiger partial charge in [0.2, 0.25) is 0 Å². The maximum absolute atomic E-state index is 4.42. The Hall–Kier alpha value is -4.24. The molecular formula is C48H54IrN3. The third kappa shape index (κ3) is 12.5. The summed E-state index contributed by atoms with van der Waals surface area (Å²) in [7, 11) is 0. The Morgan fingerprint density at radius 3 is 0.827 bits per heavy atom. The minimum atomic E-state index is 0. The average Bonchev–Trinajstić information content (AvgIpc) is 3.09. The van der Waals surface area contributed by atoms with E-state index in [1.165, 1.54) is 33.4 Å². The molecule has 0 spiro atoms. The van der Waals surface area contributed by atoms with Crippen LogP contribution in [0.25, 0.3) is 33.8 Å². The summed E-state index contributed by atoms with van der Waals surface area (Å²) in [5.74, 6) is 0. The minimum absolute atomic E-state index is 0. The molecule has 6 aromatic rings. The zero-order valence-corrected chi connectivity index (χ0v) is 35.5. The number of aromatic nitrogens is 3. The summed E-state index contributed by atoms with van der Waals surface area (Å²) in [5, 5.41) is 0. The first-order valence-electron chi connectivity index (χ1n) is 17.8. The van der Waals surface area contributed by atoms with Gasteiger partial charge in [-0.25, -0.2) is 0 Å². The van der Waals surface area contributed by atoms with Crippen molar-refractivity contribution in [1.82, 2.24) is 15.0 Å². The van der Waals surface area contributed by atoms with E-state index in [-0.39, 0.29) is 36.4 Å². The van der Waals surface area contributed by atoms with E-state index < -0.39 is 0 Å². The van der Waals surface area contributed by atoms with E-state index in [4.69, 9.17) is 0 Å². The Morgan fingerprint density at radius 2 is 0.635 bits per heavy atom. The van der Waals surface area contributed by atoms with Gasteiger partial charge in [0, 0.05) is 18.6 Å². The molecule has 3 aromatic carbocycles. The Labute approximate surface area is 327 Å². The summed E-state index contributed by atoms with van der Waals surface area (Å²) < 4.78 is 0. The number of hydrogen-bond acceptors (Lipinski definition) is 3. The number of benzene rings is 3.